The minimum atomic E-state index is -0.842. The molecule has 0 aromatic heterocycles. The number of carbonyl (C=O) groups excluding carboxylic acids is 1. The molecular weight excluding hydrogens is 242 g/mol. The summed E-state index contributed by atoms with van der Waals surface area (Å²) in [4.78, 5) is 22.8. The van der Waals surface area contributed by atoms with Crippen molar-refractivity contribution in [1.82, 2.24) is 0 Å². The molecule has 1 amide bonds. The standard InChI is InChI=1S/C15H17NO3/c1-9(14(18)19)10-2-4-11(5-3-10)16-13(17)12-8-15(12)6-7-15/h2-5,9,12H,6-8H2,1H3,(H,16,17)(H,18,19). The van der Waals surface area contributed by atoms with Gasteiger partial charge in [-0.2, -0.15) is 0 Å². The van der Waals surface area contributed by atoms with Gasteiger partial charge in [-0.05, 0) is 49.3 Å². The average Bonchev–Trinajstić information content (AvgIpc) is 3.30. The molecule has 2 atom stereocenters. The van der Waals surface area contributed by atoms with Crippen LogP contribution in [0, 0.1) is 11.3 Å². The smallest absolute Gasteiger partial charge is 0.310 e. The monoisotopic (exact) mass is 259 g/mol. The van der Waals surface area contributed by atoms with E-state index in [1.54, 1.807) is 31.2 Å². The van der Waals surface area contributed by atoms with Crippen molar-refractivity contribution in [3.8, 4) is 0 Å². The molecule has 2 N–H and O–H groups in total. The third-order valence-electron chi connectivity index (χ3n) is 4.45. The minimum Gasteiger partial charge on any atom is -0.481 e. The Balaban J connectivity index is 1.63. The summed E-state index contributed by atoms with van der Waals surface area (Å²) in [5, 5.41) is 11.8. The zero-order valence-electron chi connectivity index (χ0n) is 10.8. The molecule has 100 valence electrons. The van der Waals surface area contributed by atoms with E-state index in [1.165, 1.54) is 12.8 Å². The van der Waals surface area contributed by atoms with E-state index in [0.29, 0.717) is 5.41 Å². The Kier molecular flexibility index (Phi) is 2.62. The van der Waals surface area contributed by atoms with Gasteiger partial charge in [0.05, 0.1) is 5.92 Å². The molecule has 0 heterocycles. The number of hydrogen-bond donors (Lipinski definition) is 2. The first-order chi connectivity index (χ1) is 9.02. The molecule has 0 saturated heterocycles. The maximum Gasteiger partial charge on any atom is 0.310 e. The molecule has 0 aliphatic heterocycles. The van der Waals surface area contributed by atoms with Gasteiger partial charge in [-0.25, -0.2) is 0 Å². The van der Waals surface area contributed by atoms with Crippen molar-refractivity contribution in [2.45, 2.75) is 32.1 Å². The molecule has 2 fully saturated rings. The molecule has 0 bridgehead atoms. The van der Waals surface area contributed by atoms with Crippen LogP contribution in [-0.4, -0.2) is 17.0 Å². The summed E-state index contributed by atoms with van der Waals surface area (Å²) in [5.74, 6) is -1.06. The largest absolute Gasteiger partial charge is 0.481 e. The third kappa shape index (κ3) is 2.23. The number of carboxylic acid groups (broad SMARTS) is 1. The van der Waals surface area contributed by atoms with Crippen LogP contribution < -0.4 is 5.32 Å². The molecule has 1 aromatic rings. The number of carbonyl (C=O) groups is 2. The summed E-state index contributed by atoms with van der Waals surface area (Å²) in [6, 6.07) is 7.06. The van der Waals surface area contributed by atoms with Crippen molar-refractivity contribution in [2.24, 2.45) is 11.3 Å². The van der Waals surface area contributed by atoms with Crippen LogP contribution in [0.25, 0.3) is 0 Å². The first-order valence-electron chi connectivity index (χ1n) is 6.65. The summed E-state index contributed by atoms with van der Waals surface area (Å²) in [7, 11) is 0. The zero-order chi connectivity index (χ0) is 13.6. The lowest BCUT2D eigenvalue weighted by molar-refractivity contribution is -0.138. The normalized spacial score (nSPS) is 23.7. The van der Waals surface area contributed by atoms with Gasteiger partial charge in [-0.1, -0.05) is 12.1 Å². The highest BCUT2D eigenvalue weighted by atomic mass is 16.4. The van der Waals surface area contributed by atoms with E-state index < -0.39 is 11.9 Å². The van der Waals surface area contributed by atoms with Crippen LogP contribution in [0.15, 0.2) is 24.3 Å². The van der Waals surface area contributed by atoms with Crippen molar-refractivity contribution in [3.63, 3.8) is 0 Å². The predicted octanol–water partition coefficient (Wildman–Crippen LogP) is 2.61. The van der Waals surface area contributed by atoms with Crippen LogP contribution in [-0.2, 0) is 9.59 Å². The van der Waals surface area contributed by atoms with E-state index in [-0.39, 0.29) is 11.8 Å². The molecular formula is C15H17NO3. The lowest BCUT2D eigenvalue weighted by atomic mass is 10.0. The number of rotatable bonds is 4. The Hall–Kier alpha value is -1.84. The lowest BCUT2D eigenvalue weighted by Crippen LogP contribution is -2.15. The number of nitrogens with one attached hydrogen (secondary N) is 1. The summed E-state index contributed by atoms with van der Waals surface area (Å²) in [6.45, 7) is 1.65. The zero-order valence-corrected chi connectivity index (χ0v) is 10.8. The van der Waals surface area contributed by atoms with Gasteiger partial charge in [0, 0.05) is 11.6 Å². The molecule has 4 heteroatoms. The highest BCUT2D eigenvalue weighted by Crippen LogP contribution is 2.70. The first-order valence-corrected chi connectivity index (χ1v) is 6.65. The average molecular weight is 259 g/mol. The van der Waals surface area contributed by atoms with E-state index in [1.807, 2.05) is 0 Å². The van der Waals surface area contributed by atoms with Gasteiger partial charge in [0.2, 0.25) is 5.91 Å². The molecule has 1 spiro atoms. The second-order valence-electron chi connectivity index (χ2n) is 5.79. The number of anilines is 1. The minimum absolute atomic E-state index is 0.108. The third-order valence-corrected chi connectivity index (χ3v) is 4.45. The van der Waals surface area contributed by atoms with Gasteiger partial charge in [0.1, 0.15) is 0 Å². The van der Waals surface area contributed by atoms with Crippen molar-refractivity contribution >= 4 is 17.6 Å². The van der Waals surface area contributed by atoms with Gasteiger partial charge in [0.15, 0.2) is 0 Å². The Labute approximate surface area is 111 Å². The summed E-state index contributed by atoms with van der Waals surface area (Å²) < 4.78 is 0. The summed E-state index contributed by atoms with van der Waals surface area (Å²) in [6.07, 6.45) is 3.42. The van der Waals surface area contributed by atoms with Crippen molar-refractivity contribution in [1.29, 1.82) is 0 Å². The van der Waals surface area contributed by atoms with Gasteiger partial charge >= 0.3 is 5.97 Å². The SMILES string of the molecule is CC(C(=O)O)c1ccc(NC(=O)C2CC23CC3)cc1. The summed E-state index contributed by atoms with van der Waals surface area (Å²) in [5.41, 5.74) is 1.85. The van der Waals surface area contributed by atoms with Crippen LogP contribution in [0.4, 0.5) is 5.69 Å². The molecule has 1 aromatic carbocycles. The topological polar surface area (TPSA) is 66.4 Å². The fourth-order valence-corrected chi connectivity index (χ4v) is 2.66. The number of benzene rings is 1. The van der Waals surface area contributed by atoms with Crippen molar-refractivity contribution in [2.75, 3.05) is 5.32 Å². The van der Waals surface area contributed by atoms with Crippen LogP contribution in [0.2, 0.25) is 0 Å². The lowest BCUT2D eigenvalue weighted by Gasteiger charge is -2.09. The second kappa shape index (κ2) is 4.08. The number of hydrogen-bond acceptors (Lipinski definition) is 2. The number of amides is 1. The van der Waals surface area contributed by atoms with Crippen LogP contribution in [0.3, 0.4) is 0 Å². The molecule has 2 saturated carbocycles. The maximum absolute atomic E-state index is 12.0. The molecule has 2 aliphatic carbocycles. The molecule has 2 aliphatic rings. The molecule has 4 nitrogen and oxygen atoms in total. The first kappa shape index (κ1) is 12.2. The van der Waals surface area contributed by atoms with Gasteiger partial charge in [0.25, 0.3) is 0 Å². The van der Waals surface area contributed by atoms with Crippen molar-refractivity contribution < 1.29 is 14.7 Å². The molecule has 19 heavy (non-hydrogen) atoms. The highest BCUT2D eigenvalue weighted by Gasteiger charge is 2.65. The Bertz CT molecular complexity index is 531. The molecule has 0 radical (unpaired) electrons. The van der Waals surface area contributed by atoms with E-state index >= 15 is 0 Å². The maximum atomic E-state index is 12.0. The van der Waals surface area contributed by atoms with Crippen LogP contribution >= 0.6 is 0 Å². The van der Waals surface area contributed by atoms with E-state index in [2.05, 4.69) is 5.32 Å². The Morgan fingerprint density at radius 3 is 2.42 bits per heavy atom. The molecule has 2 unspecified atom stereocenters. The number of aliphatic carboxylic acids is 1. The predicted molar refractivity (Wildman–Crippen MR) is 70.9 cm³/mol. The quantitative estimate of drug-likeness (QED) is 0.873. The fraction of sp³-hybridized carbons (Fsp3) is 0.467. The molecule has 3 rings (SSSR count). The van der Waals surface area contributed by atoms with Crippen molar-refractivity contribution in [3.05, 3.63) is 29.8 Å². The van der Waals surface area contributed by atoms with Gasteiger partial charge in [-0.3, -0.25) is 9.59 Å². The Morgan fingerprint density at radius 1 is 1.32 bits per heavy atom. The van der Waals surface area contributed by atoms with Crippen LogP contribution in [0.5, 0.6) is 0 Å². The van der Waals surface area contributed by atoms with E-state index in [9.17, 15) is 9.59 Å². The highest BCUT2D eigenvalue weighted by molar-refractivity contribution is 5.95. The van der Waals surface area contributed by atoms with Gasteiger partial charge in [-0.15, -0.1) is 0 Å². The Morgan fingerprint density at radius 2 is 1.95 bits per heavy atom. The van der Waals surface area contributed by atoms with E-state index in [0.717, 1.165) is 17.7 Å². The fourth-order valence-electron chi connectivity index (χ4n) is 2.66. The van der Waals surface area contributed by atoms with Gasteiger partial charge < -0.3 is 10.4 Å². The van der Waals surface area contributed by atoms with E-state index in [4.69, 9.17) is 5.11 Å². The number of carboxylic acids is 1. The second-order valence-corrected chi connectivity index (χ2v) is 5.79. The summed E-state index contributed by atoms with van der Waals surface area (Å²) >= 11 is 0. The van der Waals surface area contributed by atoms with Crippen LogP contribution in [0.1, 0.15) is 37.7 Å².